The lowest BCUT2D eigenvalue weighted by Gasteiger charge is -2.34. The van der Waals surface area contributed by atoms with Crippen molar-refractivity contribution in [3.63, 3.8) is 0 Å². The van der Waals surface area contributed by atoms with Crippen LogP contribution in [-0.4, -0.2) is 38.8 Å². The van der Waals surface area contributed by atoms with Crippen molar-refractivity contribution < 1.29 is 0 Å². The van der Waals surface area contributed by atoms with Crippen LogP contribution < -0.4 is 5.73 Å². The molecule has 2 heterocycles. The Morgan fingerprint density at radius 2 is 2.33 bits per heavy atom. The minimum absolute atomic E-state index is 0.307. The second-order valence-electron chi connectivity index (χ2n) is 4.59. The van der Waals surface area contributed by atoms with E-state index in [1.807, 2.05) is 11.7 Å². The van der Waals surface area contributed by atoms with E-state index in [1.54, 1.807) is 6.33 Å². The number of rotatable bonds is 2. The van der Waals surface area contributed by atoms with E-state index < -0.39 is 0 Å². The summed E-state index contributed by atoms with van der Waals surface area (Å²) in [5, 5.41) is 4.07. The lowest BCUT2D eigenvalue weighted by atomic mass is 9.97. The quantitative estimate of drug-likeness (QED) is 0.744. The summed E-state index contributed by atoms with van der Waals surface area (Å²) in [6.07, 6.45) is 2.73. The van der Waals surface area contributed by atoms with Crippen molar-refractivity contribution >= 4 is 0 Å². The molecule has 1 aromatic heterocycles. The monoisotopic (exact) mass is 209 g/mol. The van der Waals surface area contributed by atoms with Crippen LogP contribution in [0.1, 0.15) is 19.2 Å². The number of aryl methyl sites for hydroxylation is 1. The molecule has 0 aliphatic carbocycles. The van der Waals surface area contributed by atoms with E-state index in [9.17, 15) is 0 Å². The maximum atomic E-state index is 6.00. The number of piperidine rings is 1. The van der Waals surface area contributed by atoms with Gasteiger partial charge in [-0.15, -0.1) is 0 Å². The molecule has 2 N–H and O–H groups in total. The Bertz CT molecular complexity index is 311. The zero-order chi connectivity index (χ0) is 10.8. The summed E-state index contributed by atoms with van der Waals surface area (Å²) in [5.41, 5.74) is 6.00. The number of aromatic nitrogens is 3. The maximum absolute atomic E-state index is 6.00. The molecule has 15 heavy (non-hydrogen) atoms. The molecular weight excluding hydrogens is 190 g/mol. The van der Waals surface area contributed by atoms with Crippen LogP contribution in [0.15, 0.2) is 6.33 Å². The molecule has 1 aliphatic heterocycles. The van der Waals surface area contributed by atoms with Gasteiger partial charge in [0.1, 0.15) is 12.2 Å². The van der Waals surface area contributed by atoms with Gasteiger partial charge in [-0.2, -0.15) is 5.10 Å². The normalized spacial score (nSPS) is 28.2. The molecule has 0 amide bonds. The Labute approximate surface area is 90.3 Å². The summed E-state index contributed by atoms with van der Waals surface area (Å²) < 4.78 is 1.82. The van der Waals surface area contributed by atoms with Gasteiger partial charge in [0.25, 0.3) is 0 Å². The van der Waals surface area contributed by atoms with Crippen molar-refractivity contribution in [1.29, 1.82) is 0 Å². The Balaban J connectivity index is 1.97. The van der Waals surface area contributed by atoms with Crippen molar-refractivity contribution in [2.24, 2.45) is 18.7 Å². The van der Waals surface area contributed by atoms with E-state index >= 15 is 0 Å². The molecular formula is C10H19N5. The van der Waals surface area contributed by atoms with Crippen LogP contribution in [0.5, 0.6) is 0 Å². The molecule has 5 nitrogen and oxygen atoms in total. The van der Waals surface area contributed by atoms with E-state index in [0.29, 0.717) is 12.0 Å². The number of likely N-dealkylation sites (tertiary alicyclic amines) is 1. The number of nitrogens with two attached hydrogens (primary N) is 1. The SMILES string of the molecule is CC1CC(N)CN(Cc2ncnn2C)C1. The van der Waals surface area contributed by atoms with Gasteiger partial charge in [0, 0.05) is 26.2 Å². The van der Waals surface area contributed by atoms with Crippen molar-refractivity contribution in [1.82, 2.24) is 19.7 Å². The number of hydrogen-bond donors (Lipinski definition) is 1. The molecule has 1 aliphatic rings. The lowest BCUT2D eigenvalue weighted by Crippen LogP contribution is -2.46. The minimum Gasteiger partial charge on any atom is -0.327 e. The third-order valence-electron chi connectivity index (χ3n) is 2.94. The largest absolute Gasteiger partial charge is 0.327 e. The molecule has 84 valence electrons. The van der Waals surface area contributed by atoms with Gasteiger partial charge < -0.3 is 5.73 Å². The zero-order valence-electron chi connectivity index (χ0n) is 9.43. The van der Waals surface area contributed by atoms with Crippen molar-refractivity contribution in [2.75, 3.05) is 13.1 Å². The average Bonchev–Trinajstić information content (AvgIpc) is 2.50. The lowest BCUT2D eigenvalue weighted by molar-refractivity contribution is 0.153. The minimum atomic E-state index is 0.307. The van der Waals surface area contributed by atoms with Crippen LogP contribution in [0.4, 0.5) is 0 Å². The topological polar surface area (TPSA) is 60.0 Å². The van der Waals surface area contributed by atoms with Gasteiger partial charge in [0.15, 0.2) is 0 Å². The van der Waals surface area contributed by atoms with E-state index in [4.69, 9.17) is 5.73 Å². The average molecular weight is 209 g/mol. The third-order valence-corrected chi connectivity index (χ3v) is 2.94. The van der Waals surface area contributed by atoms with Gasteiger partial charge >= 0.3 is 0 Å². The van der Waals surface area contributed by atoms with E-state index in [-0.39, 0.29) is 0 Å². The Morgan fingerprint density at radius 1 is 1.53 bits per heavy atom. The van der Waals surface area contributed by atoms with E-state index in [0.717, 1.165) is 31.9 Å². The molecule has 5 heteroatoms. The fourth-order valence-corrected chi connectivity index (χ4v) is 2.31. The Hall–Kier alpha value is -0.940. The second kappa shape index (κ2) is 4.28. The smallest absolute Gasteiger partial charge is 0.140 e. The van der Waals surface area contributed by atoms with Crippen molar-refractivity contribution in [3.05, 3.63) is 12.2 Å². The van der Waals surface area contributed by atoms with Crippen LogP contribution >= 0.6 is 0 Å². The highest BCUT2D eigenvalue weighted by Gasteiger charge is 2.22. The van der Waals surface area contributed by atoms with Crippen LogP contribution in [0.2, 0.25) is 0 Å². The second-order valence-corrected chi connectivity index (χ2v) is 4.59. The van der Waals surface area contributed by atoms with Gasteiger partial charge in [0.05, 0.1) is 6.54 Å². The Morgan fingerprint density at radius 3 is 2.93 bits per heavy atom. The first-order valence-corrected chi connectivity index (χ1v) is 5.46. The fourth-order valence-electron chi connectivity index (χ4n) is 2.31. The highest BCUT2D eigenvalue weighted by Crippen LogP contribution is 2.16. The van der Waals surface area contributed by atoms with E-state index in [1.165, 1.54) is 0 Å². The summed E-state index contributed by atoms with van der Waals surface area (Å²) in [7, 11) is 1.93. The molecule has 0 spiro atoms. The number of nitrogens with zero attached hydrogens (tertiary/aromatic N) is 4. The summed E-state index contributed by atoms with van der Waals surface area (Å²) in [6.45, 7) is 5.19. The first-order valence-electron chi connectivity index (χ1n) is 5.46. The Kier molecular flexibility index (Phi) is 3.02. The molecule has 2 rings (SSSR count). The molecule has 0 saturated carbocycles. The molecule has 0 bridgehead atoms. The molecule has 0 radical (unpaired) electrons. The van der Waals surface area contributed by atoms with Crippen LogP contribution in [0, 0.1) is 5.92 Å². The first kappa shape index (κ1) is 10.6. The summed E-state index contributed by atoms with van der Waals surface area (Å²) in [5.74, 6) is 1.69. The summed E-state index contributed by atoms with van der Waals surface area (Å²) in [4.78, 5) is 6.59. The fraction of sp³-hybridized carbons (Fsp3) is 0.800. The highest BCUT2D eigenvalue weighted by molar-refractivity contribution is 4.87. The van der Waals surface area contributed by atoms with Gasteiger partial charge in [0.2, 0.25) is 0 Å². The highest BCUT2D eigenvalue weighted by atomic mass is 15.3. The standard InChI is InChI=1S/C10H19N5/c1-8-3-9(11)5-15(4-8)6-10-12-7-13-14(10)2/h7-9H,3-6,11H2,1-2H3. The molecule has 1 fully saturated rings. The van der Waals surface area contributed by atoms with Crippen LogP contribution in [0.3, 0.4) is 0 Å². The van der Waals surface area contributed by atoms with Gasteiger partial charge in [-0.05, 0) is 12.3 Å². The first-order chi connectivity index (χ1) is 7.15. The van der Waals surface area contributed by atoms with E-state index in [2.05, 4.69) is 21.9 Å². The zero-order valence-corrected chi connectivity index (χ0v) is 9.43. The molecule has 1 saturated heterocycles. The van der Waals surface area contributed by atoms with Gasteiger partial charge in [-0.25, -0.2) is 4.98 Å². The van der Waals surface area contributed by atoms with Crippen molar-refractivity contribution in [2.45, 2.75) is 25.9 Å². The van der Waals surface area contributed by atoms with Crippen LogP contribution in [0.25, 0.3) is 0 Å². The van der Waals surface area contributed by atoms with Crippen LogP contribution in [-0.2, 0) is 13.6 Å². The third kappa shape index (κ3) is 2.54. The maximum Gasteiger partial charge on any atom is 0.140 e. The molecule has 2 atom stereocenters. The predicted octanol–water partition coefficient (Wildman–Crippen LogP) is -0.0158. The predicted molar refractivity (Wildman–Crippen MR) is 58.0 cm³/mol. The molecule has 1 aromatic rings. The van der Waals surface area contributed by atoms with Crippen molar-refractivity contribution in [3.8, 4) is 0 Å². The molecule has 2 unspecified atom stereocenters. The summed E-state index contributed by atoms with van der Waals surface area (Å²) in [6, 6.07) is 0.307. The van der Waals surface area contributed by atoms with Gasteiger partial charge in [-0.1, -0.05) is 6.92 Å². The number of hydrogen-bond acceptors (Lipinski definition) is 4. The van der Waals surface area contributed by atoms with Gasteiger partial charge in [-0.3, -0.25) is 9.58 Å². The summed E-state index contributed by atoms with van der Waals surface area (Å²) >= 11 is 0. The molecule has 0 aromatic carbocycles.